The molecule has 0 fully saturated rings. The molecule has 1 aromatic rings. The number of aromatic nitrogens is 3. The van der Waals surface area contributed by atoms with E-state index in [4.69, 9.17) is 4.74 Å². The lowest BCUT2D eigenvalue weighted by atomic mass is 9.92. The standard InChI is InChI=1S/C13H24N6O2/c1-6-7-15-10-17-11(19-12(18-10)21-5)16-8-13(2,3)9(20)14-4/h6-8H2,1-5H3,(H,14,20)(H2,15,16,17,18,19). The van der Waals surface area contributed by atoms with Gasteiger partial charge in [-0.2, -0.15) is 15.0 Å². The first kappa shape index (κ1) is 16.9. The van der Waals surface area contributed by atoms with Gasteiger partial charge in [0.1, 0.15) is 0 Å². The highest BCUT2D eigenvalue weighted by Gasteiger charge is 2.26. The van der Waals surface area contributed by atoms with Gasteiger partial charge in [-0.15, -0.1) is 0 Å². The van der Waals surface area contributed by atoms with Gasteiger partial charge in [0.2, 0.25) is 17.8 Å². The number of nitrogens with zero attached hydrogens (tertiary/aromatic N) is 3. The highest BCUT2D eigenvalue weighted by atomic mass is 16.5. The van der Waals surface area contributed by atoms with Gasteiger partial charge in [0.25, 0.3) is 0 Å². The van der Waals surface area contributed by atoms with Crippen molar-refractivity contribution in [1.82, 2.24) is 20.3 Å². The van der Waals surface area contributed by atoms with Gasteiger partial charge in [0.15, 0.2) is 0 Å². The number of carbonyl (C=O) groups is 1. The monoisotopic (exact) mass is 296 g/mol. The van der Waals surface area contributed by atoms with Crippen LogP contribution in [0, 0.1) is 5.41 Å². The van der Waals surface area contributed by atoms with Crippen LogP contribution in [0.25, 0.3) is 0 Å². The number of hydrogen-bond donors (Lipinski definition) is 3. The molecule has 1 rings (SSSR count). The summed E-state index contributed by atoms with van der Waals surface area (Å²) < 4.78 is 5.05. The maximum absolute atomic E-state index is 11.7. The lowest BCUT2D eigenvalue weighted by molar-refractivity contribution is -0.128. The van der Waals surface area contributed by atoms with E-state index in [1.54, 1.807) is 7.05 Å². The number of methoxy groups -OCH3 is 1. The minimum atomic E-state index is -0.578. The second-order valence-corrected chi connectivity index (χ2v) is 5.21. The number of amides is 1. The Hall–Kier alpha value is -2.12. The molecule has 0 atom stereocenters. The summed E-state index contributed by atoms with van der Waals surface area (Å²) in [5.41, 5.74) is -0.578. The van der Waals surface area contributed by atoms with Crippen LogP contribution in [-0.4, -0.2) is 48.1 Å². The van der Waals surface area contributed by atoms with Crippen LogP contribution in [0.2, 0.25) is 0 Å². The Bertz CT molecular complexity index is 478. The third kappa shape index (κ3) is 5.05. The van der Waals surface area contributed by atoms with Crippen LogP contribution in [0.3, 0.4) is 0 Å². The van der Waals surface area contributed by atoms with E-state index < -0.39 is 5.41 Å². The van der Waals surface area contributed by atoms with E-state index in [2.05, 4.69) is 37.8 Å². The first-order chi connectivity index (χ1) is 9.92. The molecule has 0 bridgehead atoms. The maximum atomic E-state index is 11.7. The van der Waals surface area contributed by atoms with Crippen LogP contribution in [0.1, 0.15) is 27.2 Å². The van der Waals surface area contributed by atoms with E-state index >= 15 is 0 Å². The number of hydrogen-bond acceptors (Lipinski definition) is 7. The van der Waals surface area contributed by atoms with Crippen LogP contribution in [-0.2, 0) is 4.79 Å². The predicted octanol–water partition coefficient (Wildman–Crippen LogP) is 0.886. The Morgan fingerprint density at radius 3 is 2.33 bits per heavy atom. The summed E-state index contributed by atoms with van der Waals surface area (Å²) in [5, 5.41) is 8.76. The molecule has 0 aliphatic heterocycles. The average Bonchev–Trinajstić information content (AvgIpc) is 2.49. The predicted molar refractivity (Wildman–Crippen MR) is 81.5 cm³/mol. The molecule has 0 aromatic carbocycles. The maximum Gasteiger partial charge on any atom is 0.322 e. The molecule has 21 heavy (non-hydrogen) atoms. The summed E-state index contributed by atoms with van der Waals surface area (Å²) in [6.45, 7) is 6.89. The molecule has 0 saturated heterocycles. The van der Waals surface area contributed by atoms with E-state index in [0.29, 0.717) is 18.4 Å². The van der Waals surface area contributed by atoms with E-state index in [1.165, 1.54) is 7.11 Å². The molecule has 1 amide bonds. The average molecular weight is 296 g/mol. The van der Waals surface area contributed by atoms with Crippen molar-refractivity contribution in [3.63, 3.8) is 0 Å². The van der Waals surface area contributed by atoms with E-state index in [-0.39, 0.29) is 11.9 Å². The molecule has 118 valence electrons. The summed E-state index contributed by atoms with van der Waals surface area (Å²) in [6, 6.07) is 0.226. The molecule has 1 aromatic heterocycles. The molecule has 0 aliphatic rings. The van der Waals surface area contributed by atoms with Crippen molar-refractivity contribution in [2.45, 2.75) is 27.2 Å². The molecule has 3 N–H and O–H groups in total. The molecule has 0 spiro atoms. The number of nitrogens with one attached hydrogen (secondary N) is 3. The smallest absolute Gasteiger partial charge is 0.322 e. The molecule has 0 aliphatic carbocycles. The van der Waals surface area contributed by atoms with Gasteiger partial charge < -0.3 is 20.7 Å². The zero-order valence-corrected chi connectivity index (χ0v) is 13.3. The first-order valence-electron chi connectivity index (χ1n) is 6.93. The van der Waals surface area contributed by atoms with Crippen molar-refractivity contribution in [3.8, 4) is 6.01 Å². The normalized spacial score (nSPS) is 10.9. The Kier molecular flexibility index (Phi) is 6.13. The molecule has 0 unspecified atom stereocenters. The summed E-state index contributed by atoms with van der Waals surface area (Å²) in [5.74, 6) is 0.765. The summed E-state index contributed by atoms with van der Waals surface area (Å²) in [4.78, 5) is 24.2. The lowest BCUT2D eigenvalue weighted by Gasteiger charge is -2.22. The number of carbonyl (C=O) groups excluding carboxylic acids is 1. The fourth-order valence-electron chi connectivity index (χ4n) is 1.56. The van der Waals surface area contributed by atoms with Crippen LogP contribution >= 0.6 is 0 Å². The molecule has 8 nitrogen and oxygen atoms in total. The quantitative estimate of drug-likeness (QED) is 0.654. The summed E-state index contributed by atoms with van der Waals surface area (Å²) in [7, 11) is 3.11. The van der Waals surface area contributed by atoms with E-state index in [1.807, 2.05) is 13.8 Å². The van der Waals surface area contributed by atoms with Crippen LogP contribution in [0.15, 0.2) is 0 Å². The summed E-state index contributed by atoms with van der Waals surface area (Å²) >= 11 is 0. The molecular weight excluding hydrogens is 272 g/mol. The van der Waals surface area contributed by atoms with Gasteiger partial charge in [0, 0.05) is 20.1 Å². The molecular formula is C13H24N6O2. The molecule has 0 saturated carbocycles. The van der Waals surface area contributed by atoms with Crippen molar-refractivity contribution >= 4 is 17.8 Å². The number of rotatable bonds is 8. The minimum Gasteiger partial charge on any atom is -0.467 e. The van der Waals surface area contributed by atoms with Crippen molar-refractivity contribution in [2.75, 3.05) is 37.9 Å². The van der Waals surface area contributed by atoms with Gasteiger partial charge in [0.05, 0.1) is 12.5 Å². The Labute approximate surface area is 125 Å². The Morgan fingerprint density at radius 1 is 1.19 bits per heavy atom. The topological polar surface area (TPSA) is 101 Å². The van der Waals surface area contributed by atoms with Gasteiger partial charge in [-0.3, -0.25) is 4.79 Å². The fourth-order valence-corrected chi connectivity index (χ4v) is 1.56. The Balaban J connectivity index is 2.80. The van der Waals surface area contributed by atoms with Crippen LogP contribution in [0.4, 0.5) is 11.9 Å². The number of ether oxygens (including phenoxy) is 1. The van der Waals surface area contributed by atoms with Crippen molar-refractivity contribution in [3.05, 3.63) is 0 Å². The molecule has 0 radical (unpaired) electrons. The molecule has 8 heteroatoms. The third-order valence-electron chi connectivity index (χ3n) is 2.86. The lowest BCUT2D eigenvalue weighted by Crippen LogP contribution is -2.39. The Morgan fingerprint density at radius 2 is 1.81 bits per heavy atom. The fraction of sp³-hybridized carbons (Fsp3) is 0.692. The zero-order valence-electron chi connectivity index (χ0n) is 13.3. The largest absolute Gasteiger partial charge is 0.467 e. The van der Waals surface area contributed by atoms with E-state index in [0.717, 1.165) is 13.0 Å². The summed E-state index contributed by atoms with van der Waals surface area (Å²) in [6.07, 6.45) is 0.959. The zero-order chi connectivity index (χ0) is 15.9. The van der Waals surface area contributed by atoms with E-state index in [9.17, 15) is 4.79 Å². The second kappa shape index (κ2) is 7.61. The van der Waals surface area contributed by atoms with Crippen molar-refractivity contribution < 1.29 is 9.53 Å². The third-order valence-corrected chi connectivity index (χ3v) is 2.86. The van der Waals surface area contributed by atoms with Crippen molar-refractivity contribution in [1.29, 1.82) is 0 Å². The number of anilines is 2. The second-order valence-electron chi connectivity index (χ2n) is 5.21. The van der Waals surface area contributed by atoms with Gasteiger partial charge in [-0.1, -0.05) is 6.92 Å². The van der Waals surface area contributed by atoms with Gasteiger partial charge >= 0.3 is 6.01 Å². The van der Waals surface area contributed by atoms with Gasteiger partial charge in [-0.05, 0) is 20.3 Å². The highest BCUT2D eigenvalue weighted by molar-refractivity contribution is 5.82. The highest BCUT2D eigenvalue weighted by Crippen LogP contribution is 2.17. The first-order valence-corrected chi connectivity index (χ1v) is 6.93. The van der Waals surface area contributed by atoms with Crippen molar-refractivity contribution in [2.24, 2.45) is 5.41 Å². The SMILES string of the molecule is CCCNc1nc(NCC(C)(C)C(=O)NC)nc(OC)n1. The minimum absolute atomic E-state index is 0.0552. The molecule has 1 heterocycles. The van der Waals surface area contributed by atoms with Gasteiger partial charge in [-0.25, -0.2) is 0 Å². The van der Waals surface area contributed by atoms with Crippen LogP contribution in [0.5, 0.6) is 6.01 Å². The van der Waals surface area contributed by atoms with Crippen LogP contribution < -0.4 is 20.7 Å².